The normalized spacial score (nSPS) is 20.0. The zero-order chi connectivity index (χ0) is 4.24. The number of rotatable bonds is 0. The minimum Gasteiger partial charge on any atom is -0.352 e. The van der Waals surface area contributed by atoms with Crippen molar-refractivity contribution in [3.05, 3.63) is 6.67 Å². The van der Waals surface area contributed by atoms with E-state index in [4.69, 9.17) is 0 Å². The lowest BCUT2D eigenvalue weighted by Crippen LogP contribution is -2.26. The molecule has 0 spiro atoms. The molecule has 2 N–H and O–H groups in total. The van der Waals surface area contributed by atoms with Crippen LogP contribution in [0.2, 0.25) is 0 Å². The molecule has 0 atom stereocenters. The van der Waals surface area contributed by atoms with Crippen molar-refractivity contribution in [1.29, 1.82) is 0 Å². The second-order valence-corrected chi connectivity index (χ2v) is 0.916. The van der Waals surface area contributed by atoms with Gasteiger partial charge in [0.05, 0.1) is 13.0 Å². The Kier molecular flexibility index (Phi) is 1.06. The van der Waals surface area contributed by atoms with Crippen LogP contribution in [0, 0.1) is 6.67 Å². The van der Waals surface area contributed by atoms with Crippen molar-refractivity contribution in [2.24, 2.45) is 4.99 Å². The van der Waals surface area contributed by atoms with Crippen LogP contribution in [0.5, 0.6) is 0 Å². The van der Waals surface area contributed by atoms with Gasteiger partial charge in [-0.05, 0) is 0 Å². The average Bonchev–Trinajstić information content (AvgIpc) is 1.72. The SMILES string of the molecule is [C]1NC=NCN1. The van der Waals surface area contributed by atoms with E-state index in [0.717, 1.165) is 0 Å². The van der Waals surface area contributed by atoms with Gasteiger partial charge in [0.2, 0.25) is 0 Å². The van der Waals surface area contributed by atoms with E-state index in [1.54, 1.807) is 6.34 Å². The number of nitrogens with one attached hydrogen (secondary N) is 2. The maximum Gasteiger partial charge on any atom is 0.173 e. The highest BCUT2D eigenvalue weighted by atomic mass is 15.2. The molecule has 1 heterocycles. The molecular weight excluding hydrogens is 78.1 g/mol. The minimum atomic E-state index is 0.646. The highest BCUT2D eigenvalue weighted by Gasteiger charge is 1.85. The Labute approximate surface area is 36.5 Å². The lowest BCUT2D eigenvalue weighted by Gasteiger charge is -2.01. The average molecular weight is 83.1 g/mol. The zero-order valence-electron chi connectivity index (χ0n) is 3.23. The molecular formula is C3H5N3. The van der Waals surface area contributed by atoms with Crippen LogP contribution in [0.1, 0.15) is 0 Å². The van der Waals surface area contributed by atoms with Gasteiger partial charge in [0.1, 0.15) is 0 Å². The van der Waals surface area contributed by atoms with Crippen LogP contribution in [0.4, 0.5) is 0 Å². The highest BCUT2D eigenvalue weighted by Crippen LogP contribution is 1.67. The molecule has 3 nitrogen and oxygen atoms in total. The summed E-state index contributed by atoms with van der Waals surface area (Å²) < 4.78 is 0. The summed E-state index contributed by atoms with van der Waals surface area (Å²) in [6, 6.07) is 0. The van der Waals surface area contributed by atoms with Crippen molar-refractivity contribution in [1.82, 2.24) is 10.6 Å². The molecule has 2 radical (unpaired) electrons. The molecule has 1 rings (SSSR count). The molecule has 0 saturated carbocycles. The first-order valence-corrected chi connectivity index (χ1v) is 1.72. The molecule has 1 aliphatic rings. The molecule has 3 heteroatoms. The summed E-state index contributed by atoms with van der Waals surface area (Å²) in [5, 5.41) is 5.36. The third-order valence-electron chi connectivity index (χ3n) is 0.487. The highest BCUT2D eigenvalue weighted by molar-refractivity contribution is 5.55. The van der Waals surface area contributed by atoms with Gasteiger partial charge in [-0.3, -0.25) is 10.3 Å². The Morgan fingerprint density at radius 3 is 3.00 bits per heavy atom. The van der Waals surface area contributed by atoms with Crippen LogP contribution in [0.3, 0.4) is 0 Å². The minimum absolute atomic E-state index is 0.646. The van der Waals surface area contributed by atoms with Crippen LogP contribution >= 0.6 is 0 Å². The summed E-state index contributed by atoms with van der Waals surface area (Å²) in [7, 11) is 0. The van der Waals surface area contributed by atoms with E-state index in [0.29, 0.717) is 6.67 Å². The Morgan fingerprint density at radius 1 is 1.83 bits per heavy atom. The quantitative estimate of drug-likeness (QED) is 0.400. The van der Waals surface area contributed by atoms with E-state index in [1.807, 2.05) is 0 Å². The van der Waals surface area contributed by atoms with Gasteiger partial charge in [0.25, 0.3) is 0 Å². The summed E-state index contributed by atoms with van der Waals surface area (Å²) in [5.74, 6) is 0. The van der Waals surface area contributed by atoms with E-state index in [2.05, 4.69) is 22.3 Å². The largest absolute Gasteiger partial charge is 0.352 e. The predicted octanol–water partition coefficient (Wildman–Crippen LogP) is -0.839. The second-order valence-electron chi connectivity index (χ2n) is 0.916. The van der Waals surface area contributed by atoms with Crippen molar-refractivity contribution in [2.45, 2.75) is 0 Å². The third kappa shape index (κ3) is 0.687. The smallest absolute Gasteiger partial charge is 0.173 e. The van der Waals surface area contributed by atoms with Crippen molar-refractivity contribution >= 4 is 6.34 Å². The summed E-state index contributed by atoms with van der Waals surface area (Å²) in [6.45, 7) is 3.28. The van der Waals surface area contributed by atoms with E-state index in [9.17, 15) is 0 Å². The molecule has 32 valence electrons. The van der Waals surface area contributed by atoms with Crippen LogP contribution in [-0.4, -0.2) is 13.0 Å². The summed E-state index contributed by atoms with van der Waals surface area (Å²) in [4.78, 5) is 3.77. The Bertz CT molecular complexity index is 51.1. The van der Waals surface area contributed by atoms with Gasteiger partial charge in [0, 0.05) is 0 Å². The molecule has 0 aromatic heterocycles. The first-order valence-electron chi connectivity index (χ1n) is 1.72. The van der Waals surface area contributed by atoms with Gasteiger partial charge in [0.15, 0.2) is 6.67 Å². The third-order valence-corrected chi connectivity index (χ3v) is 0.487. The maximum absolute atomic E-state index is 3.77. The number of hydrogen-bond acceptors (Lipinski definition) is 3. The van der Waals surface area contributed by atoms with Crippen molar-refractivity contribution < 1.29 is 0 Å². The van der Waals surface area contributed by atoms with E-state index in [1.165, 1.54) is 0 Å². The van der Waals surface area contributed by atoms with E-state index >= 15 is 0 Å². The molecule has 0 saturated heterocycles. The molecule has 1 aliphatic heterocycles. The standard InChI is InChI=1S/C3H5N3/c1-4-2-6-3-5-1/h1,6H,2H2,(H,4,5). The summed E-state index contributed by atoms with van der Waals surface area (Å²) in [6.07, 6.45) is 1.59. The van der Waals surface area contributed by atoms with Crippen molar-refractivity contribution in [3.63, 3.8) is 0 Å². The number of aliphatic imine (C=N–C) groups is 1. The second kappa shape index (κ2) is 1.77. The van der Waals surface area contributed by atoms with Gasteiger partial charge >= 0.3 is 0 Å². The number of hydrogen-bond donors (Lipinski definition) is 2. The first kappa shape index (κ1) is 3.61. The zero-order valence-corrected chi connectivity index (χ0v) is 3.23. The first-order chi connectivity index (χ1) is 3.00. The van der Waals surface area contributed by atoms with Crippen LogP contribution < -0.4 is 10.6 Å². The summed E-state index contributed by atoms with van der Waals surface area (Å²) >= 11 is 0. The lowest BCUT2D eigenvalue weighted by atomic mass is 10.8. The maximum atomic E-state index is 3.77. The fourth-order valence-corrected chi connectivity index (χ4v) is 0.260. The van der Waals surface area contributed by atoms with Crippen molar-refractivity contribution in [2.75, 3.05) is 6.67 Å². The Hall–Kier alpha value is -0.570. The molecule has 0 unspecified atom stereocenters. The fraction of sp³-hybridized carbons (Fsp3) is 0.333. The summed E-state index contributed by atoms with van der Waals surface area (Å²) in [5.41, 5.74) is 0. The lowest BCUT2D eigenvalue weighted by molar-refractivity contribution is 0.746. The molecule has 0 aromatic rings. The molecule has 0 fully saturated rings. The number of nitrogens with zero attached hydrogens (tertiary/aromatic N) is 1. The molecule has 0 bridgehead atoms. The van der Waals surface area contributed by atoms with Crippen LogP contribution in [0.25, 0.3) is 0 Å². The van der Waals surface area contributed by atoms with Gasteiger partial charge < -0.3 is 5.32 Å². The van der Waals surface area contributed by atoms with E-state index in [-0.39, 0.29) is 0 Å². The monoisotopic (exact) mass is 83.0 g/mol. The van der Waals surface area contributed by atoms with Gasteiger partial charge in [-0.1, -0.05) is 0 Å². The fourth-order valence-electron chi connectivity index (χ4n) is 0.260. The van der Waals surface area contributed by atoms with Crippen LogP contribution in [-0.2, 0) is 0 Å². The Balaban J connectivity index is 2.26. The van der Waals surface area contributed by atoms with Crippen LogP contribution in [0.15, 0.2) is 4.99 Å². The molecule has 0 aliphatic carbocycles. The van der Waals surface area contributed by atoms with Gasteiger partial charge in [-0.15, -0.1) is 0 Å². The van der Waals surface area contributed by atoms with Crippen molar-refractivity contribution in [3.8, 4) is 0 Å². The molecule has 6 heavy (non-hydrogen) atoms. The van der Waals surface area contributed by atoms with Gasteiger partial charge in [-0.25, -0.2) is 0 Å². The Morgan fingerprint density at radius 2 is 2.83 bits per heavy atom. The predicted molar refractivity (Wildman–Crippen MR) is 22.9 cm³/mol. The van der Waals surface area contributed by atoms with Gasteiger partial charge in [-0.2, -0.15) is 0 Å². The molecule has 0 aromatic carbocycles. The topological polar surface area (TPSA) is 36.4 Å². The van der Waals surface area contributed by atoms with E-state index < -0.39 is 0 Å². The molecule has 0 amide bonds.